The number of carbonyl (C=O) groups excluding carboxylic acids is 2. The van der Waals surface area contributed by atoms with Crippen molar-refractivity contribution < 1.29 is 9.59 Å². The molecule has 0 fully saturated rings. The second-order valence-electron chi connectivity index (χ2n) is 3.92. The van der Waals surface area contributed by atoms with E-state index in [9.17, 15) is 9.59 Å². The third-order valence-corrected chi connectivity index (χ3v) is 2.34. The first kappa shape index (κ1) is 13.0. The van der Waals surface area contributed by atoms with Crippen LogP contribution in [-0.2, 0) is 4.79 Å². The highest BCUT2D eigenvalue weighted by Crippen LogP contribution is 2.13. The van der Waals surface area contributed by atoms with Gasteiger partial charge in [-0.05, 0) is 31.0 Å². The highest BCUT2D eigenvalue weighted by molar-refractivity contribution is 5.99. The summed E-state index contributed by atoms with van der Waals surface area (Å²) in [4.78, 5) is 22.2. The van der Waals surface area contributed by atoms with Crippen molar-refractivity contribution in [3.8, 4) is 0 Å². The second-order valence-corrected chi connectivity index (χ2v) is 3.92. The number of nitrogens with one attached hydrogen (secondary N) is 1. The van der Waals surface area contributed by atoms with Crippen LogP contribution in [0.15, 0.2) is 18.2 Å². The first-order valence-corrected chi connectivity index (χ1v) is 5.43. The minimum Gasteiger partial charge on any atom is -0.398 e. The number of benzene rings is 1. The van der Waals surface area contributed by atoms with E-state index in [-0.39, 0.29) is 18.2 Å². The van der Waals surface area contributed by atoms with Crippen LogP contribution in [0.2, 0.25) is 0 Å². The fourth-order valence-corrected chi connectivity index (χ4v) is 1.45. The third-order valence-electron chi connectivity index (χ3n) is 2.34. The highest BCUT2D eigenvalue weighted by atomic mass is 16.2. The smallest absolute Gasteiger partial charge is 0.253 e. The Morgan fingerprint density at radius 2 is 2.06 bits per heavy atom. The molecule has 0 bridgehead atoms. The molecule has 0 aliphatic carbocycles. The molecule has 5 nitrogen and oxygen atoms in total. The zero-order chi connectivity index (χ0) is 12.8. The minimum atomic E-state index is -0.367. The lowest BCUT2D eigenvalue weighted by molar-refractivity contribution is -0.118. The van der Waals surface area contributed by atoms with Crippen molar-refractivity contribution in [2.45, 2.75) is 19.8 Å². The van der Waals surface area contributed by atoms with E-state index >= 15 is 0 Å². The highest BCUT2D eigenvalue weighted by Gasteiger charge is 2.08. The summed E-state index contributed by atoms with van der Waals surface area (Å²) in [7, 11) is 0. The van der Waals surface area contributed by atoms with Crippen molar-refractivity contribution >= 4 is 17.5 Å². The van der Waals surface area contributed by atoms with Crippen molar-refractivity contribution in [1.29, 1.82) is 0 Å². The van der Waals surface area contributed by atoms with Crippen molar-refractivity contribution in [3.05, 3.63) is 29.3 Å². The summed E-state index contributed by atoms with van der Waals surface area (Å²) in [5.74, 6) is -0.596. The second kappa shape index (κ2) is 5.89. The first-order valence-electron chi connectivity index (χ1n) is 5.43. The number of hydrogen-bond donors (Lipinski definition) is 3. The van der Waals surface area contributed by atoms with Gasteiger partial charge in [-0.25, -0.2) is 0 Å². The standard InChI is InChI=1S/C12H17N3O2/c1-8-4-5-9(10(13)7-8)12(17)15-6-2-3-11(14)16/h4-5,7H,2-3,6,13H2,1H3,(H2,14,16)(H,15,17). The lowest BCUT2D eigenvalue weighted by Gasteiger charge is -2.07. The maximum Gasteiger partial charge on any atom is 0.253 e. The number of rotatable bonds is 5. The van der Waals surface area contributed by atoms with Gasteiger partial charge in [-0.15, -0.1) is 0 Å². The van der Waals surface area contributed by atoms with E-state index in [1.165, 1.54) is 0 Å². The number of amides is 2. The molecule has 2 amide bonds. The molecular weight excluding hydrogens is 218 g/mol. The summed E-state index contributed by atoms with van der Waals surface area (Å²) in [5, 5.41) is 2.69. The predicted molar refractivity (Wildman–Crippen MR) is 66.4 cm³/mol. The van der Waals surface area contributed by atoms with Gasteiger partial charge in [0.1, 0.15) is 0 Å². The normalized spacial score (nSPS) is 9.94. The molecule has 0 aliphatic rings. The Labute approximate surface area is 100 Å². The summed E-state index contributed by atoms with van der Waals surface area (Å²) in [6, 6.07) is 5.26. The van der Waals surface area contributed by atoms with E-state index in [2.05, 4.69) is 5.32 Å². The monoisotopic (exact) mass is 235 g/mol. The van der Waals surface area contributed by atoms with E-state index in [1.54, 1.807) is 12.1 Å². The quantitative estimate of drug-likeness (QED) is 0.514. The number of aryl methyl sites for hydroxylation is 1. The summed E-state index contributed by atoms with van der Waals surface area (Å²) >= 11 is 0. The van der Waals surface area contributed by atoms with Crippen molar-refractivity contribution in [3.63, 3.8) is 0 Å². The summed E-state index contributed by atoms with van der Waals surface area (Å²) in [5.41, 5.74) is 12.6. The van der Waals surface area contributed by atoms with Crippen molar-refractivity contribution in [1.82, 2.24) is 5.32 Å². The predicted octanol–water partition coefficient (Wildman–Crippen LogP) is 0.573. The van der Waals surface area contributed by atoms with Gasteiger partial charge >= 0.3 is 0 Å². The van der Waals surface area contributed by atoms with Gasteiger partial charge in [-0.1, -0.05) is 6.07 Å². The Balaban J connectivity index is 2.50. The van der Waals surface area contributed by atoms with Gasteiger partial charge < -0.3 is 16.8 Å². The molecule has 1 rings (SSSR count). The number of nitrogen functional groups attached to an aromatic ring is 1. The molecule has 0 saturated carbocycles. The molecule has 0 heterocycles. The molecule has 1 aromatic rings. The van der Waals surface area contributed by atoms with Gasteiger partial charge in [0.15, 0.2) is 0 Å². The molecule has 92 valence electrons. The maximum absolute atomic E-state index is 11.7. The van der Waals surface area contributed by atoms with E-state index in [0.29, 0.717) is 24.2 Å². The average molecular weight is 235 g/mol. The fourth-order valence-electron chi connectivity index (χ4n) is 1.45. The van der Waals surface area contributed by atoms with E-state index in [0.717, 1.165) is 5.56 Å². The SMILES string of the molecule is Cc1ccc(C(=O)NCCCC(N)=O)c(N)c1. The molecule has 0 atom stereocenters. The molecule has 5 N–H and O–H groups in total. The van der Waals surface area contributed by atoms with Gasteiger partial charge in [0.2, 0.25) is 5.91 Å². The lowest BCUT2D eigenvalue weighted by atomic mass is 10.1. The Bertz CT molecular complexity index is 430. The fraction of sp³-hybridized carbons (Fsp3) is 0.333. The number of nitrogens with two attached hydrogens (primary N) is 2. The topological polar surface area (TPSA) is 98.2 Å². The third kappa shape index (κ3) is 4.14. The zero-order valence-corrected chi connectivity index (χ0v) is 9.82. The molecule has 5 heteroatoms. The molecule has 0 spiro atoms. The van der Waals surface area contributed by atoms with E-state index in [4.69, 9.17) is 11.5 Å². The van der Waals surface area contributed by atoms with Crippen LogP contribution in [0.25, 0.3) is 0 Å². The van der Waals surface area contributed by atoms with Crippen LogP contribution in [0.5, 0.6) is 0 Å². The van der Waals surface area contributed by atoms with Crippen molar-refractivity contribution in [2.75, 3.05) is 12.3 Å². The van der Waals surface area contributed by atoms with Gasteiger partial charge in [0.25, 0.3) is 5.91 Å². The molecule has 0 aromatic heterocycles. The van der Waals surface area contributed by atoms with Crippen LogP contribution in [0.3, 0.4) is 0 Å². The number of carbonyl (C=O) groups is 2. The number of primary amides is 1. The summed E-state index contributed by atoms with van der Waals surface area (Å²) in [6.45, 7) is 2.32. The average Bonchev–Trinajstić information content (AvgIpc) is 2.23. The van der Waals surface area contributed by atoms with Gasteiger partial charge in [-0.2, -0.15) is 0 Å². The van der Waals surface area contributed by atoms with Gasteiger partial charge in [0, 0.05) is 18.7 Å². The number of hydrogen-bond acceptors (Lipinski definition) is 3. The van der Waals surface area contributed by atoms with Gasteiger partial charge in [-0.3, -0.25) is 9.59 Å². The van der Waals surface area contributed by atoms with Crippen LogP contribution in [0.1, 0.15) is 28.8 Å². The van der Waals surface area contributed by atoms with Crippen LogP contribution in [-0.4, -0.2) is 18.4 Å². The molecule has 0 unspecified atom stereocenters. The Hall–Kier alpha value is -2.04. The van der Waals surface area contributed by atoms with Crippen LogP contribution in [0, 0.1) is 6.92 Å². The molecule has 0 aliphatic heterocycles. The first-order chi connectivity index (χ1) is 8.00. The van der Waals surface area contributed by atoms with E-state index < -0.39 is 0 Å². The van der Waals surface area contributed by atoms with Crippen molar-refractivity contribution in [2.24, 2.45) is 5.73 Å². The maximum atomic E-state index is 11.7. The largest absolute Gasteiger partial charge is 0.398 e. The molecule has 17 heavy (non-hydrogen) atoms. The zero-order valence-electron chi connectivity index (χ0n) is 9.82. The van der Waals surface area contributed by atoms with Crippen LogP contribution < -0.4 is 16.8 Å². The molecule has 1 aromatic carbocycles. The van der Waals surface area contributed by atoms with E-state index in [1.807, 2.05) is 13.0 Å². The molecular formula is C12H17N3O2. The van der Waals surface area contributed by atoms with Crippen LogP contribution in [0.4, 0.5) is 5.69 Å². The molecule has 0 radical (unpaired) electrons. The van der Waals surface area contributed by atoms with Gasteiger partial charge in [0.05, 0.1) is 5.56 Å². The van der Waals surface area contributed by atoms with Crippen LogP contribution >= 0.6 is 0 Å². The molecule has 0 saturated heterocycles. The Kier molecular flexibility index (Phi) is 4.51. The summed E-state index contributed by atoms with van der Waals surface area (Å²) in [6.07, 6.45) is 0.802. The lowest BCUT2D eigenvalue weighted by Crippen LogP contribution is -2.26. The number of anilines is 1. The summed E-state index contributed by atoms with van der Waals surface area (Å²) < 4.78 is 0. The Morgan fingerprint density at radius 1 is 1.35 bits per heavy atom. The minimum absolute atomic E-state index is 0.230. The Morgan fingerprint density at radius 3 is 2.65 bits per heavy atom.